The molecule has 1 saturated heterocycles. The average Bonchev–Trinajstić information content (AvgIpc) is 2.74. The highest BCUT2D eigenvalue weighted by Gasteiger charge is 2.15. The SMILES string of the molecule is COc1cc(-c2cc(CN3CCOCC3)c3ccccc3n2)ccc1CC(C)=O. The van der Waals surface area contributed by atoms with E-state index in [0.717, 1.165) is 60.9 Å². The summed E-state index contributed by atoms with van der Waals surface area (Å²) in [6, 6.07) is 16.4. The van der Waals surface area contributed by atoms with Crippen LogP contribution >= 0.6 is 0 Å². The van der Waals surface area contributed by atoms with Gasteiger partial charge in [-0.05, 0) is 30.7 Å². The number of pyridine rings is 1. The van der Waals surface area contributed by atoms with Crippen LogP contribution in [0.2, 0.25) is 0 Å². The van der Waals surface area contributed by atoms with E-state index in [-0.39, 0.29) is 5.78 Å². The molecule has 0 aliphatic carbocycles. The second kappa shape index (κ2) is 8.72. The van der Waals surface area contributed by atoms with Crippen LogP contribution in [0.15, 0.2) is 48.5 Å². The lowest BCUT2D eigenvalue weighted by molar-refractivity contribution is -0.116. The fourth-order valence-electron chi connectivity index (χ4n) is 3.84. The van der Waals surface area contributed by atoms with Crippen LogP contribution in [0.25, 0.3) is 22.2 Å². The van der Waals surface area contributed by atoms with E-state index in [4.69, 9.17) is 14.5 Å². The number of fused-ring (bicyclic) bond motifs is 1. The maximum absolute atomic E-state index is 11.5. The molecule has 0 atom stereocenters. The summed E-state index contributed by atoms with van der Waals surface area (Å²) >= 11 is 0. The molecule has 0 saturated carbocycles. The van der Waals surface area contributed by atoms with Crippen molar-refractivity contribution in [2.45, 2.75) is 19.9 Å². The predicted octanol–water partition coefficient (Wildman–Crippen LogP) is 3.87. The second-order valence-electron chi connectivity index (χ2n) is 7.48. The maximum atomic E-state index is 11.5. The molecule has 29 heavy (non-hydrogen) atoms. The van der Waals surface area contributed by atoms with Crippen LogP contribution in [-0.2, 0) is 22.5 Å². The van der Waals surface area contributed by atoms with E-state index in [2.05, 4.69) is 29.2 Å². The minimum Gasteiger partial charge on any atom is -0.496 e. The Bertz CT molecular complexity index is 1030. The van der Waals surface area contributed by atoms with Crippen molar-refractivity contribution in [3.63, 3.8) is 0 Å². The third-order valence-corrected chi connectivity index (χ3v) is 5.32. The van der Waals surface area contributed by atoms with Crippen molar-refractivity contribution in [3.8, 4) is 17.0 Å². The topological polar surface area (TPSA) is 51.7 Å². The fraction of sp³-hybridized carbons (Fsp3) is 0.333. The molecule has 0 amide bonds. The number of carbonyl (C=O) groups is 1. The molecule has 2 heterocycles. The van der Waals surface area contributed by atoms with Gasteiger partial charge >= 0.3 is 0 Å². The van der Waals surface area contributed by atoms with Gasteiger partial charge in [0, 0.05) is 42.6 Å². The van der Waals surface area contributed by atoms with Gasteiger partial charge in [-0.2, -0.15) is 0 Å². The summed E-state index contributed by atoms with van der Waals surface area (Å²) in [5.74, 6) is 0.843. The highest BCUT2D eigenvalue weighted by atomic mass is 16.5. The predicted molar refractivity (Wildman–Crippen MR) is 114 cm³/mol. The highest BCUT2D eigenvalue weighted by molar-refractivity contribution is 5.85. The summed E-state index contributed by atoms with van der Waals surface area (Å²) in [6.07, 6.45) is 0.372. The first-order chi connectivity index (χ1) is 14.1. The second-order valence-corrected chi connectivity index (χ2v) is 7.48. The summed E-state index contributed by atoms with van der Waals surface area (Å²) in [6.45, 7) is 5.92. The first-order valence-corrected chi connectivity index (χ1v) is 9.99. The van der Waals surface area contributed by atoms with Crippen molar-refractivity contribution in [1.29, 1.82) is 0 Å². The molecule has 1 fully saturated rings. The van der Waals surface area contributed by atoms with Gasteiger partial charge in [-0.25, -0.2) is 4.98 Å². The summed E-state index contributed by atoms with van der Waals surface area (Å²) in [5.41, 5.74) is 5.06. The van der Waals surface area contributed by atoms with E-state index in [1.165, 1.54) is 10.9 Å². The van der Waals surface area contributed by atoms with Crippen LogP contribution < -0.4 is 4.74 Å². The molecule has 4 rings (SSSR count). The third kappa shape index (κ3) is 4.47. The van der Waals surface area contributed by atoms with Crippen molar-refractivity contribution in [2.24, 2.45) is 0 Å². The molecule has 1 aliphatic rings. The number of benzene rings is 2. The van der Waals surface area contributed by atoms with Crippen LogP contribution in [0.5, 0.6) is 5.75 Å². The van der Waals surface area contributed by atoms with Crippen molar-refractivity contribution in [2.75, 3.05) is 33.4 Å². The van der Waals surface area contributed by atoms with Crippen molar-refractivity contribution in [3.05, 3.63) is 59.7 Å². The lowest BCUT2D eigenvalue weighted by Crippen LogP contribution is -2.35. The van der Waals surface area contributed by atoms with Gasteiger partial charge in [0.2, 0.25) is 0 Å². The molecule has 0 spiro atoms. The Morgan fingerprint density at radius 1 is 1.10 bits per heavy atom. The van der Waals surface area contributed by atoms with E-state index in [9.17, 15) is 4.79 Å². The standard InChI is InChI=1S/C24H26N2O3/c1-17(27)13-19-8-7-18(15-24(19)28-2)23-14-20(16-26-9-11-29-12-10-26)21-5-3-4-6-22(21)25-23/h3-8,14-15H,9-13,16H2,1-2H3. The molecule has 1 aromatic heterocycles. The number of methoxy groups -OCH3 is 1. The van der Waals surface area contributed by atoms with E-state index in [0.29, 0.717) is 6.42 Å². The Hall–Kier alpha value is -2.76. The van der Waals surface area contributed by atoms with E-state index >= 15 is 0 Å². The van der Waals surface area contributed by atoms with Crippen LogP contribution in [0.1, 0.15) is 18.1 Å². The summed E-state index contributed by atoms with van der Waals surface area (Å²) in [5, 5.41) is 1.18. The van der Waals surface area contributed by atoms with Gasteiger partial charge in [-0.1, -0.05) is 30.3 Å². The van der Waals surface area contributed by atoms with Gasteiger partial charge in [-0.15, -0.1) is 0 Å². The smallest absolute Gasteiger partial charge is 0.134 e. The number of aromatic nitrogens is 1. The quantitative estimate of drug-likeness (QED) is 0.639. The van der Waals surface area contributed by atoms with Crippen LogP contribution in [0.4, 0.5) is 0 Å². The van der Waals surface area contributed by atoms with Gasteiger partial charge in [0.1, 0.15) is 11.5 Å². The summed E-state index contributed by atoms with van der Waals surface area (Å²) < 4.78 is 11.0. The average molecular weight is 390 g/mol. The number of morpholine rings is 1. The number of para-hydroxylation sites is 1. The van der Waals surface area contributed by atoms with Gasteiger partial charge in [-0.3, -0.25) is 9.69 Å². The fourth-order valence-corrected chi connectivity index (χ4v) is 3.84. The molecule has 0 N–H and O–H groups in total. The molecule has 2 aromatic carbocycles. The number of rotatable bonds is 6. The minimum absolute atomic E-state index is 0.118. The number of ketones is 1. The number of carbonyl (C=O) groups excluding carboxylic acids is 1. The van der Waals surface area contributed by atoms with E-state index < -0.39 is 0 Å². The third-order valence-electron chi connectivity index (χ3n) is 5.32. The Morgan fingerprint density at radius 3 is 2.66 bits per heavy atom. The van der Waals surface area contributed by atoms with Crippen LogP contribution in [-0.4, -0.2) is 49.1 Å². The zero-order valence-corrected chi connectivity index (χ0v) is 17.0. The maximum Gasteiger partial charge on any atom is 0.134 e. The molecular weight excluding hydrogens is 364 g/mol. The summed E-state index contributed by atoms with van der Waals surface area (Å²) in [4.78, 5) is 18.9. The Kier molecular flexibility index (Phi) is 5.88. The molecule has 5 nitrogen and oxygen atoms in total. The molecular formula is C24H26N2O3. The van der Waals surface area contributed by atoms with E-state index in [1.807, 2.05) is 24.3 Å². The number of nitrogens with zero attached hydrogens (tertiary/aromatic N) is 2. The Balaban J connectivity index is 1.74. The molecule has 3 aromatic rings. The van der Waals surface area contributed by atoms with Crippen molar-refractivity contribution >= 4 is 16.7 Å². The van der Waals surface area contributed by atoms with Crippen LogP contribution in [0, 0.1) is 0 Å². The van der Waals surface area contributed by atoms with Crippen LogP contribution in [0.3, 0.4) is 0 Å². The highest BCUT2D eigenvalue weighted by Crippen LogP contribution is 2.30. The minimum atomic E-state index is 0.118. The van der Waals surface area contributed by atoms with E-state index in [1.54, 1.807) is 14.0 Å². The van der Waals surface area contributed by atoms with Gasteiger partial charge in [0.25, 0.3) is 0 Å². The Morgan fingerprint density at radius 2 is 1.90 bits per heavy atom. The number of hydrogen-bond donors (Lipinski definition) is 0. The molecule has 150 valence electrons. The molecule has 0 unspecified atom stereocenters. The largest absolute Gasteiger partial charge is 0.496 e. The zero-order valence-electron chi connectivity index (χ0n) is 17.0. The first-order valence-electron chi connectivity index (χ1n) is 9.99. The molecule has 0 radical (unpaired) electrons. The number of ether oxygens (including phenoxy) is 2. The lowest BCUT2D eigenvalue weighted by atomic mass is 10.0. The van der Waals surface area contributed by atoms with Crippen molar-refractivity contribution < 1.29 is 14.3 Å². The van der Waals surface area contributed by atoms with Gasteiger partial charge in [0.05, 0.1) is 31.5 Å². The normalized spacial score (nSPS) is 14.8. The Labute approximate surface area is 171 Å². The monoisotopic (exact) mass is 390 g/mol. The van der Waals surface area contributed by atoms with Gasteiger partial charge < -0.3 is 9.47 Å². The molecule has 5 heteroatoms. The van der Waals surface area contributed by atoms with Crippen molar-refractivity contribution in [1.82, 2.24) is 9.88 Å². The number of Topliss-reactive ketones (excluding diaryl/α,β-unsaturated/α-hetero) is 1. The molecule has 1 aliphatic heterocycles. The van der Waals surface area contributed by atoms with Gasteiger partial charge in [0.15, 0.2) is 0 Å². The number of hydrogen-bond acceptors (Lipinski definition) is 5. The zero-order chi connectivity index (χ0) is 20.2. The summed E-state index contributed by atoms with van der Waals surface area (Å²) in [7, 11) is 1.64. The lowest BCUT2D eigenvalue weighted by Gasteiger charge is -2.27. The molecule has 0 bridgehead atoms. The first kappa shape index (κ1) is 19.6.